The number of carbonyl (C=O) groups is 1. The van der Waals surface area contributed by atoms with E-state index in [1.807, 2.05) is 11.3 Å². The highest BCUT2D eigenvalue weighted by atomic mass is 127. The summed E-state index contributed by atoms with van der Waals surface area (Å²) in [6.07, 6.45) is 3.02. The molecule has 1 fully saturated rings. The molecule has 2 heterocycles. The topological polar surface area (TPSA) is 60.0 Å². The fourth-order valence-electron chi connectivity index (χ4n) is 2.87. The van der Waals surface area contributed by atoms with Gasteiger partial charge in [-0.2, -0.15) is 0 Å². The van der Waals surface area contributed by atoms with Gasteiger partial charge in [0.1, 0.15) is 0 Å². The molecule has 1 aromatic heterocycles. The number of carbonyl (C=O) groups excluding carboxylic acids is 1. The summed E-state index contributed by atoms with van der Waals surface area (Å²) in [6, 6.07) is 4.71. The molecule has 1 saturated heterocycles. The maximum Gasteiger partial charge on any atom is 0.223 e. The van der Waals surface area contributed by atoms with Crippen LogP contribution in [0.15, 0.2) is 22.5 Å². The van der Waals surface area contributed by atoms with Crippen LogP contribution in [0.4, 0.5) is 0 Å². The van der Waals surface area contributed by atoms with Crippen LogP contribution in [0.25, 0.3) is 0 Å². The summed E-state index contributed by atoms with van der Waals surface area (Å²) < 4.78 is 0. The Hall–Kier alpha value is -0.870. The van der Waals surface area contributed by atoms with Crippen molar-refractivity contribution in [2.45, 2.75) is 25.3 Å². The summed E-state index contributed by atoms with van der Waals surface area (Å²) in [5.74, 6) is 0.869. The van der Waals surface area contributed by atoms with E-state index in [4.69, 9.17) is 0 Å². The van der Waals surface area contributed by atoms with Crippen LogP contribution in [0.2, 0.25) is 0 Å². The Morgan fingerprint density at radius 3 is 2.64 bits per heavy atom. The van der Waals surface area contributed by atoms with Gasteiger partial charge in [0.15, 0.2) is 5.96 Å². The number of halogens is 1. The predicted molar refractivity (Wildman–Crippen MR) is 116 cm³/mol. The first-order valence-electron chi connectivity index (χ1n) is 8.54. The molecule has 25 heavy (non-hydrogen) atoms. The third kappa shape index (κ3) is 7.10. The van der Waals surface area contributed by atoms with Crippen molar-refractivity contribution >= 4 is 47.2 Å². The highest BCUT2D eigenvalue weighted by Gasteiger charge is 2.24. The van der Waals surface area contributed by atoms with Crippen molar-refractivity contribution in [1.82, 2.24) is 20.4 Å². The first-order valence-corrected chi connectivity index (χ1v) is 9.42. The van der Waals surface area contributed by atoms with Crippen LogP contribution >= 0.6 is 35.3 Å². The molecule has 0 saturated carbocycles. The quantitative estimate of drug-likeness (QED) is 0.358. The minimum absolute atomic E-state index is 0. The van der Waals surface area contributed by atoms with Crippen molar-refractivity contribution in [3.05, 3.63) is 22.4 Å². The molecule has 142 valence electrons. The molecule has 1 aliphatic heterocycles. The van der Waals surface area contributed by atoms with E-state index in [0.29, 0.717) is 19.0 Å². The lowest BCUT2D eigenvalue weighted by atomic mass is 10.2. The molecule has 1 aliphatic rings. The highest BCUT2D eigenvalue weighted by Crippen LogP contribution is 2.27. The number of rotatable bonds is 7. The zero-order valence-corrected chi connectivity index (χ0v) is 18.5. The van der Waals surface area contributed by atoms with Crippen LogP contribution in [0.5, 0.6) is 0 Å². The van der Waals surface area contributed by atoms with Gasteiger partial charge in [-0.1, -0.05) is 6.07 Å². The predicted octanol–water partition coefficient (Wildman–Crippen LogP) is 2.15. The van der Waals surface area contributed by atoms with Gasteiger partial charge in [-0.3, -0.25) is 14.7 Å². The second-order valence-corrected chi connectivity index (χ2v) is 7.17. The summed E-state index contributed by atoms with van der Waals surface area (Å²) in [5, 5.41) is 8.78. The molecule has 0 spiro atoms. The monoisotopic (exact) mass is 479 g/mol. The Morgan fingerprint density at radius 1 is 1.36 bits per heavy atom. The molecule has 0 radical (unpaired) electrons. The number of guanidine groups is 1. The van der Waals surface area contributed by atoms with Crippen LogP contribution in [0, 0.1) is 0 Å². The molecule has 2 rings (SSSR count). The van der Waals surface area contributed by atoms with E-state index in [1.165, 1.54) is 17.7 Å². The summed E-state index contributed by atoms with van der Waals surface area (Å²) in [7, 11) is 5.31. The maximum atomic E-state index is 11.6. The summed E-state index contributed by atoms with van der Waals surface area (Å²) in [5.41, 5.74) is 0. The lowest BCUT2D eigenvalue weighted by Crippen LogP contribution is -2.43. The average molecular weight is 479 g/mol. The smallest absolute Gasteiger partial charge is 0.223 e. The Balaban J connectivity index is 0.00000312. The Bertz CT molecular complexity index is 529. The minimum atomic E-state index is 0. The second-order valence-electron chi connectivity index (χ2n) is 6.19. The number of thiophene rings is 1. The number of aliphatic imine (C=N–C) groups is 1. The molecule has 2 N–H and O–H groups in total. The van der Waals surface area contributed by atoms with Crippen molar-refractivity contribution in [3.63, 3.8) is 0 Å². The van der Waals surface area contributed by atoms with Gasteiger partial charge in [-0.25, -0.2) is 0 Å². The summed E-state index contributed by atoms with van der Waals surface area (Å²) in [4.78, 5) is 21.4. The number of nitrogens with one attached hydrogen (secondary N) is 2. The first-order chi connectivity index (χ1) is 11.6. The largest absolute Gasteiger partial charge is 0.356 e. The van der Waals surface area contributed by atoms with Crippen molar-refractivity contribution in [1.29, 1.82) is 0 Å². The van der Waals surface area contributed by atoms with Crippen LogP contribution in [-0.4, -0.2) is 69.0 Å². The zero-order chi connectivity index (χ0) is 17.4. The minimum Gasteiger partial charge on any atom is -0.356 e. The Morgan fingerprint density at radius 2 is 2.08 bits per heavy atom. The van der Waals surface area contributed by atoms with Crippen molar-refractivity contribution in [3.8, 4) is 0 Å². The third-order valence-electron chi connectivity index (χ3n) is 4.27. The zero-order valence-electron chi connectivity index (χ0n) is 15.3. The van der Waals surface area contributed by atoms with Crippen molar-refractivity contribution in [2.75, 3.05) is 47.3 Å². The number of amides is 1. The molecule has 1 atom stereocenters. The molecule has 1 amide bonds. The Kier molecular flexibility index (Phi) is 10.4. The number of nitrogens with zero attached hydrogens (tertiary/aromatic N) is 3. The molecule has 1 aromatic rings. The fourth-order valence-corrected chi connectivity index (χ4v) is 3.73. The van der Waals surface area contributed by atoms with Crippen molar-refractivity contribution in [2.24, 2.45) is 4.99 Å². The van der Waals surface area contributed by atoms with Gasteiger partial charge in [0, 0.05) is 45.5 Å². The molecular weight excluding hydrogens is 449 g/mol. The standard InChI is InChI=1S/C17H29N5OS.HI/c1-18-17(19-9-8-16(23)21(2)3)20-13-14(15-7-6-12-24-15)22-10-4-5-11-22;/h6-7,12,14H,4-5,8-11,13H2,1-3H3,(H2,18,19,20);1H. The van der Waals surface area contributed by atoms with Crippen LogP contribution in [0.1, 0.15) is 30.2 Å². The molecule has 6 nitrogen and oxygen atoms in total. The lowest BCUT2D eigenvalue weighted by Gasteiger charge is -2.27. The van der Waals surface area contributed by atoms with Gasteiger partial charge in [-0.15, -0.1) is 35.3 Å². The molecule has 1 unspecified atom stereocenters. The number of hydrogen-bond donors (Lipinski definition) is 2. The van der Waals surface area contributed by atoms with Gasteiger partial charge in [-0.05, 0) is 37.4 Å². The lowest BCUT2D eigenvalue weighted by molar-refractivity contribution is -0.128. The SMILES string of the molecule is CN=C(NCCC(=O)N(C)C)NCC(c1cccs1)N1CCCC1.I. The second kappa shape index (κ2) is 11.7. The number of likely N-dealkylation sites (tertiary alicyclic amines) is 1. The van der Waals surface area contributed by atoms with E-state index in [2.05, 4.69) is 38.0 Å². The fraction of sp³-hybridized carbons (Fsp3) is 0.647. The highest BCUT2D eigenvalue weighted by molar-refractivity contribution is 14.0. The molecule has 0 aliphatic carbocycles. The van der Waals surface area contributed by atoms with Gasteiger partial charge >= 0.3 is 0 Å². The average Bonchev–Trinajstić information content (AvgIpc) is 3.27. The van der Waals surface area contributed by atoms with Crippen LogP contribution in [-0.2, 0) is 4.79 Å². The third-order valence-corrected chi connectivity index (χ3v) is 5.24. The van der Waals surface area contributed by atoms with E-state index in [1.54, 1.807) is 26.0 Å². The van der Waals surface area contributed by atoms with E-state index in [9.17, 15) is 4.79 Å². The van der Waals surface area contributed by atoms with E-state index < -0.39 is 0 Å². The van der Waals surface area contributed by atoms with Gasteiger partial charge in [0.05, 0.1) is 6.04 Å². The Labute approximate surface area is 172 Å². The molecule has 0 aromatic carbocycles. The first kappa shape index (κ1) is 22.2. The normalized spacial score (nSPS) is 16.2. The van der Waals surface area contributed by atoms with E-state index in [-0.39, 0.29) is 29.9 Å². The van der Waals surface area contributed by atoms with Gasteiger partial charge < -0.3 is 15.5 Å². The molecule has 0 bridgehead atoms. The molecular formula is C17H30IN5OS. The van der Waals surface area contributed by atoms with E-state index >= 15 is 0 Å². The van der Waals surface area contributed by atoms with E-state index in [0.717, 1.165) is 25.6 Å². The van der Waals surface area contributed by atoms with Gasteiger partial charge in [0.25, 0.3) is 0 Å². The van der Waals surface area contributed by atoms with Crippen LogP contribution in [0.3, 0.4) is 0 Å². The molecule has 8 heteroatoms. The number of hydrogen-bond acceptors (Lipinski definition) is 4. The summed E-state index contributed by atoms with van der Waals surface area (Å²) >= 11 is 1.81. The van der Waals surface area contributed by atoms with Crippen molar-refractivity contribution < 1.29 is 4.79 Å². The van der Waals surface area contributed by atoms with Crippen LogP contribution < -0.4 is 10.6 Å². The van der Waals surface area contributed by atoms with Gasteiger partial charge in [0.2, 0.25) is 5.91 Å². The maximum absolute atomic E-state index is 11.6. The summed E-state index contributed by atoms with van der Waals surface area (Å²) in [6.45, 7) is 3.73.